The van der Waals surface area contributed by atoms with Crippen LogP contribution in [0.1, 0.15) is 21.6 Å². The summed E-state index contributed by atoms with van der Waals surface area (Å²) in [5.41, 5.74) is 5.09. The van der Waals surface area contributed by atoms with Crippen LogP contribution in [0.25, 0.3) is 5.69 Å². The number of hydrogen-bond acceptors (Lipinski definition) is 5. The van der Waals surface area contributed by atoms with Gasteiger partial charge in [-0.3, -0.25) is 4.79 Å². The number of benzene rings is 2. The van der Waals surface area contributed by atoms with E-state index >= 15 is 0 Å². The van der Waals surface area contributed by atoms with Crippen molar-refractivity contribution in [2.75, 3.05) is 13.2 Å². The summed E-state index contributed by atoms with van der Waals surface area (Å²) in [6.45, 7) is 2.79. The topological polar surface area (TPSA) is 77.7 Å². The molecule has 2 aromatic carbocycles. The summed E-state index contributed by atoms with van der Waals surface area (Å²) in [5.74, 6) is 0.811. The molecule has 2 heterocycles. The molecule has 3 aromatic rings. The minimum Gasteiger partial charge on any atom is -0.486 e. The van der Waals surface area contributed by atoms with Crippen molar-refractivity contribution in [2.24, 2.45) is 5.10 Å². The minimum atomic E-state index is -0.363. The number of carbonyl (C=O) groups excluding carboxylic acids is 1. The Morgan fingerprint density at radius 1 is 1.18 bits per heavy atom. The summed E-state index contributed by atoms with van der Waals surface area (Å²) in [5, 5.41) is 8.88. The normalized spacial score (nSPS) is 12.9. The van der Waals surface area contributed by atoms with Crippen LogP contribution in [0.2, 0.25) is 5.15 Å². The predicted octanol–water partition coefficient (Wildman–Crippen LogP) is 3.37. The summed E-state index contributed by atoms with van der Waals surface area (Å²) in [4.78, 5) is 12.3. The first-order chi connectivity index (χ1) is 13.6. The number of para-hydroxylation sites is 1. The van der Waals surface area contributed by atoms with Crippen molar-refractivity contribution in [3.05, 3.63) is 70.5 Å². The Balaban J connectivity index is 1.49. The molecule has 142 valence electrons. The molecule has 0 fully saturated rings. The maximum Gasteiger partial charge on any atom is 0.271 e. The van der Waals surface area contributed by atoms with Gasteiger partial charge in [0.15, 0.2) is 11.5 Å². The van der Waals surface area contributed by atoms with E-state index in [0.29, 0.717) is 46.7 Å². The van der Waals surface area contributed by atoms with Gasteiger partial charge in [-0.05, 0) is 37.3 Å². The average Bonchev–Trinajstić information content (AvgIpc) is 3.02. The zero-order chi connectivity index (χ0) is 19.5. The molecule has 0 unspecified atom stereocenters. The lowest BCUT2D eigenvalue weighted by molar-refractivity contribution is 0.0954. The second kappa shape index (κ2) is 7.74. The SMILES string of the molecule is Cc1nn(-c2ccccc2)c(Cl)c1C=NNC(=O)c1ccc2c(c1)OCCO2. The second-order valence-corrected chi connectivity index (χ2v) is 6.45. The van der Waals surface area contributed by atoms with Crippen LogP contribution in [0, 0.1) is 6.92 Å². The molecule has 7 nitrogen and oxygen atoms in total. The first-order valence-electron chi connectivity index (χ1n) is 8.67. The zero-order valence-corrected chi connectivity index (χ0v) is 15.8. The van der Waals surface area contributed by atoms with Crippen molar-refractivity contribution in [1.29, 1.82) is 0 Å². The van der Waals surface area contributed by atoms with E-state index in [1.165, 1.54) is 6.21 Å². The number of hydrogen-bond donors (Lipinski definition) is 1. The molecule has 1 aliphatic rings. The predicted molar refractivity (Wildman–Crippen MR) is 106 cm³/mol. The number of halogens is 1. The van der Waals surface area contributed by atoms with Crippen molar-refractivity contribution in [2.45, 2.75) is 6.92 Å². The highest BCUT2D eigenvalue weighted by molar-refractivity contribution is 6.32. The summed E-state index contributed by atoms with van der Waals surface area (Å²) >= 11 is 6.44. The highest BCUT2D eigenvalue weighted by Crippen LogP contribution is 2.30. The fourth-order valence-electron chi connectivity index (χ4n) is 2.80. The summed E-state index contributed by atoms with van der Waals surface area (Å²) in [6.07, 6.45) is 1.49. The fourth-order valence-corrected chi connectivity index (χ4v) is 3.12. The molecular weight excluding hydrogens is 380 g/mol. The quantitative estimate of drug-likeness (QED) is 0.541. The number of carbonyl (C=O) groups is 1. The van der Waals surface area contributed by atoms with E-state index in [2.05, 4.69) is 15.6 Å². The summed E-state index contributed by atoms with van der Waals surface area (Å²) in [7, 11) is 0. The molecule has 8 heteroatoms. The van der Waals surface area contributed by atoms with Crippen molar-refractivity contribution in [1.82, 2.24) is 15.2 Å². The van der Waals surface area contributed by atoms with E-state index in [9.17, 15) is 4.79 Å². The number of ether oxygens (including phenoxy) is 2. The molecule has 0 saturated carbocycles. The number of nitrogens with zero attached hydrogens (tertiary/aromatic N) is 3. The van der Waals surface area contributed by atoms with Crippen LogP contribution >= 0.6 is 11.6 Å². The van der Waals surface area contributed by atoms with Crippen LogP contribution in [-0.4, -0.2) is 35.1 Å². The van der Waals surface area contributed by atoms with E-state index in [1.807, 2.05) is 37.3 Å². The van der Waals surface area contributed by atoms with Crippen molar-refractivity contribution in [3.8, 4) is 17.2 Å². The van der Waals surface area contributed by atoms with E-state index in [-0.39, 0.29) is 5.91 Å². The average molecular weight is 397 g/mol. The Morgan fingerprint density at radius 2 is 1.93 bits per heavy atom. The Bertz CT molecular complexity index is 1050. The lowest BCUT2D eigenvalue weighted by Gasteiger charge is -2.18. The number of hydrazone groups is 1. The van der Waals surface area contributed by atoms with Crippen LogP contribution in [0.4, 0.5) is 0 Å². The number of nitrogens with one attached hydrogen (secondary N) is 1. The van der Waals surface area contributed by atoms with E-state index in [4.69, 9.17) is 21.1 Å². The molecule has 0 aliphatic carbocycles. The molecule has 0 bridgehead atoms. The molecule has 0 saturated heterocycles. The lowest BCUT2D eigenvalue weighted by Crippen LogP contribution is -2.19. The third-order valence-electron chi connectivity index (χ3n) is 4.21. The minimum absolute atomic E-state index is 0.363. The van der Waals surface area contributed by atoms with Gasteiger partial charge in [0, 0.05) is 5.56 Å². The van der Waals surface area contributed by atoms with Gasteiger partial charge in [-0.1, -0.05) is 29.8 Å². The van der Waals surface area contributed by atoms with Crippen molar-refractivity contribution >= 4 is 23.7 Å². The molecular formula is C20H17ClN4O3. The van der Waals surface area contributed by atoms with Gasteiger partial charge in [-0.15, -0.1) is 0 Å². The van der Waals surface area contributed by atoms with Crippen molar-refractivity contribution in [3.63, 3.8) is 0 Å². The van der Waals surface area contributed by atoms with Gasteiger partial charge in [0.25, 0.3) is 5.91 Å². The third-order valence-corrected chi connectivity index (χ3v) is 4.58. The number of amides is 1. The Labute approximate surface area is 166 Å². The molecule has 1 amide bonds. The van der Waals surface area contributed by atoms with Crippen LogP contribution < -0.4 is 14.9 Å². The van der Waals surface area contributed by atoms with E-state index in [1.54, 1.807) is 22.9 Å². The molecule has 1 N–H and O–H groups in total. The lowest BCUT2D eigenvalue weighted by atomic mass is 10.2. The van der Waals surface area contributed by atoms with Crippen molar-refractivity contribution < 1.29 is 14.3 Å². The van der Waals surface area contributed by atoms with Crippen LogP contribution in [-0.2, 0) is 0 Å². The standard InChI is InChI=1S/C20H17ClN4O3/c1-13-16(19(21)25(24-13)15-5-3-2-4-6-15)12-22-23-20(26)14-7-8-17-18(11-14)28-10-9-27-17/h2-8,11-12H,9-10H2,1H3,(H,23,26). The smallest absolute Gasteiger partial charge is 0.271 e. The van der Waals surface area contributed by atoms with Gasteiger partial charge in [0.05, 0.1) is 23.2 Å². The summed E-state index contributed by atoms with van der Waals surface area (Å²) < 4.78 is 12.6. The van der Waals surface area contributed by atoms with Gasteiger partial charge in [-0.25, -0.2) is 10.1 Å². The maximum atomic E-state index is 12.3. The monoisotopic (exact) mass is 396 g/mol. The van der Waals surface area contributed by atoms with Gasteiger partial charge in [-0.2, -0.15) is 10.2 Å². The second-order valence-electron chi connectivity index (χ2n) is 6.09. The van der Waals surface area contributed by atoms with Gasteiger partial charge >= 0.3 is 0 Å². The highest BCUT2D eigenvalue weighted by atomic mass is 35.5. The fraction of sp³-hybridized carbons (Fsp3) is 0.150. The van der Waals surface area contributed by atoms with Crippen LogP contribution in [0.15, 0.2) is 53.6 Å². The zero-order valence-electron chi connectivity index (χ0n) is 15.1. The largest absolute Gasteiger partial charge is 0.486 e. The van der Waals surface area contributed by atoms with Gasteiger partial charge in [0.2, 0.25) is 0 Å². The maximum absolute atomic E-state index is 12.3. The number of rotatable bonds is 4. The number of aromatic nitrogens is 2. The van der Waals surface area contributed by atoms with Gasteiger partial charge in [0.1, 0.15) is 18.4 Å². The van der Waals surface area contributed by atoms with Crippen LogP contribution in [0.5, 0.6) is 11.5 Å². The molecule has 0 radical (unpaired) electrons. The number of fused-ring (bicyclic) bond motifs is 1. The molecule has 0 spiro atoms. The third kappa shape index (κ3) is 3.57. The first kappa shape index (κ1) is 18.1. The Morgan fingerprint density at radius 3 is 2.71 bits per heavy atom. The molecule has 0 atom stereocenters. The molecule has 1 aromatic heterocycles. The number of aryl methyl sites for hydroxylation is 1. The van der Waals surface area contributed by atoms with E-state index < -0.39 is 0 Å². The van der Waals surface area contributed by atoms with Gasteiger partial charge < -0.3 is 9.47 Å². The first-order valence-corrected chi connectivity index (χ1v) is 9.05. The molecule has 1 aliphatic heterocycles. The molecule has 28 heavy (non-hydrogen) atoms. The summed E-state index contributed by atoms with van der Waals surface area (Å²) in [6, 6.07) is 14.5. The molecule has 4 rings (SSSR count). The Kier molecular flexibility index (Phi) is 4.99. The van der Waals surface area contributed by atoms with E-state index in [0.717, 1.165) is 5.69 Å². The Hall–Kier alpha value is -3.32. The highest BCUT2D eigenvalue weighted by Gasteiger charge is 2.15. The van der Waals surface area contributed by atoms with Crippen LogP contribution in [0.3, 0.4) is 0 Å².